The molecule has 0 atom stereocenters. The van der Waals surface area contributed by atoms with Gasteiger partial charge >= 0.3 is 0 Å². The maximum absolute atomic E-state index is 4.51. The zero-order chi connectivity index (χ0) is 16.6. The summed E-state index contributed by atoms with van der Waals surface area (Å²) in [6.45, 7) is 6.79. The molecule has 0 aliphatic rings. The van der Waals surface area contributed by atoms with Crippen LogP contribution in [0.1, 0.15) is 30.0 Å². The largest absolute Gasteiger partial charge is 0.343 e. The Balaban J connectivity index is 1.93. The predicted molar refractivity (Wildman–Crippen MR) is 89.1 cm³/mol. The number of fused-ring (bicyclic) bond motifs is 1. The second kappa shape index (κ2) is 5.79. The zero-order valence-corrected chi connectivity index (χ0v) is 14.0. The van der Waals surface area contributed by atoms with Crippen molar-refractivity contribution in [3.63, 3.8) is 0 Å². The Kier molecular flexibility index (Phi) is 3.81. The second-order valence-corrected chi connectivity index (χ2v) is 5.43. The smallest absolute Gasteiger partial charge is 0.244 e. The number of hydrogen-bond acceptors (Lipinski definition) is 6. The molecule has 0 aliphatic carbocycles. The van der Waals surface area contributed by atoms with Crippen LogP contribution in [0.2, 0.25) is 0 Å². The average Bonchev–Trinajstić information content (AvgIpc) is 3.13. The van der Waals surface area contributed by atoms with Gasteiger partial charge in [-0.15, -0.1) is 10.2 Å². The second-order valence-electron chi connectivity index (χ2n) is 5.43. The number of nitrogens with zero attached hydrogens (tertiary/aromatic N) is 8. The van der Waals surface area contributed by atoms with Gasteiger partial charge in [-0.2, -0.15) is 4.98 Å². The quantitative estimate of drug-likeness (QED) is 0.726. The molecule has 3 heterocycles. The molecule has 0 bridgehead atoms. The molecule has 0 aromatic carbocycles. The molecular formula is C15H20N8. The van der Waals surface area contributed by atoms with Crippen LogP contribution in [0, 0.1) is 13.8 Å². The summed E-state index contributed by atoms with van der Waals surface area (Å²) in [5.41, 5.74) is 2.57. The van der Waals surface area contributed by atoms with E-state index in [9.17, 15) is 0 Å². The zero-order valence-electron chi connectivity index (χ0n) is 14.0. The van der Waals surface area contributed by atoms with Crippen molar-refractivity contribution in [3.8, 4) is 0 Å². The van der Waals surface area contributed by atoms with Crippen LogP contribution in [0.3, 0.4) is 0 Å². The highest BCUT2D eigenvalue weighted by atomic mass is 15.4. The minimum atomic E-state index is 0.623. The van der Waals surface area contributed by atoms with Crippen molar-refractivity contribution >= 4 is 23.7 Å². The van der Waals surface area contributed by atoms with Crippen molar-refractivity contribution in [2.45, 2.75) is 20.8 Å². The summed E-state index contributed by atoms with van der Waals surface area (Å²) in [6.07, 6.45) is 5.50. The maximum Gasteiger partial charge on any atom is 0.244 e. The number of aryl methyl sites for hydroxylation is 3. The van der Waals surface area contributed by atoms with Gasteiger partial charge in [0.15, 0.2) is 17.3 Å². The fourth-order valence-corrected chi connectivity index (χ4v) is 2.16. The van der Waals surface area contributed by atoms with E-state index < -0.39 is 0 Å². The lowest BCUT2D eigenvalue weighted by atomic mass is 10.4. The summed E-state index contributed by atoms with van der Waals surface area (Å²) in [6, 6.07) is 0. The van der Waals surface area contributed by atoms with Crippen molar-refractivity contribution in [2.24, 2.45) is 7.05 Å². The van der Waals surface area contributed by atoms with E-state index in [4.69, 9.17) is 0 Å². The molecule has 0 amide bonds. The Morgan fingerprint density at radius 2 is 1.96 bits per heavy atom. The van der Waals surface area contributed by atoms with E-state index >= 15 is 0 Å². The van der Waals surface area contributed by atoms with E-state index in [0.29, 0.717) is 11.8 Å². The normalized spacial score (nSPS) is 11.7. The lowest BCUT2D eigenvalue weighted by Gasteiger charge is -2.09. The van der Waals surface area contributed by atoms with Gasteiger partial charge in [-0.05, 0) is 32.9 Å². The maximum atomic E-state index is 4.51. The number of hydrogen-bond donors (Lipinski definition) is 0. The summed E-state index contributed by atoms with van der Waals surface area (Å²) in [5.74, 6) is 2.08. The molecule has 3 rings (SSSR count). The molecule has 120 valence electrons. The molecule has 8 heteroatoms. The van der Waals surface area contributed by atoms with Crippen molar-refractivity contribution in [3.05, 3.63) is 29.2 Å². The summed E-state index contributed by atoms with van der Waals surface area (Å²) >= 11 is 0. The minimum Gasteiger partial charge on any atom is -0.343 e. The SMILES string of the molecule is CCN(C)c1nc(C=Cc2nc3c(C)ncc(C)n3n2)n(C)n1. The molecule has 0 radical (unpaired) electrons. The highest BCUT2D eigenvalue weighted by Crippen LogP contribution is 2.12. The van der Waals surface area contributed by atoms with Crippen LogP contribution in [0.15, 0.2) is 6.20 Å². The third kappa shape index (κ3) is 2.79. The van der Waals surface area contributed by atoms with Gasteiger partial charge in [-0.1, -0.05) is 0 Å². The van der Waals surface area contributed by atoms with Gasteiger partial charge in [0.1, 0.15) is 0 Å². The summed E-state index contributed by atoms with van der Waals surface area (Å²) in [7, 11) is 3.83. The summed E-state index contributed by atoms with van der Waals surface area (Å²) in [5, 5.41) is 8.88. The van der Waals surface area contributed by atoms with Gasteiger partial charge in [-0.25, -0.2) is 14.2 Å². The van der Waals surface area contributed by atoms with Crippen LogP contribution in [0.4, 0.5) is 5.95 Å². The Bertz CT molecular complexity index is 834. The third-order valence-corrected chi connectivity index (χ3v) is 3.71. The topological polar surface area (TPSA) is 77.0 Å². The Morgan fingerprint density at radius 1 is 1.17 bits per heavy atom. The number of anilines is 1. The standard InChI is InChI=1S/C15H20N8/c1-6-21(4)15-18-13(22(5)20-15)8-7-12-17-14-11(3)16-9-10(2)23(14)19-12/h7-9H,6H2,1-5H3. The molecular weight excluding hydrogens is 292 g/mol. The van der Waals surface area contributed by atoms with Gasteiger partial charge in [0.05, 0.1) is 11.4 Å². The summed E-state index contributed by atoms with van der Waals surface area (Å²) < 4.78 is 3.54. The Morgan fingerprint density at radius 3 is 2.65 bits per heavy atom. The molecule has 23 heavy (non-hydrogen) atoms. The van der Waals surface area contributed by atoms with Crippen molar-refractivity contribution in [1.82, 2.24) is 34.3 Å². The van der Waals surface area contributed by atoms with Crippen LogP contribution < -0.4 is 4.90 Å². The number of rotatable bonds is 4. The molecule has 3 aromatic rings. The van der Waals surface area contributed by atoms with Gasteiger partial charge < -0.3 is 4.90 Å². The monoisotopic (exact) mass is 312 g/mol. The lowest BCUT2D eigenvalue weighted by molar-refractivity contribution is 0.748. The van der Waals surface area contributed by atoms with Gasteiger partial charge in [0, 0.05) is 26.8 Å². The molecule has 0 saturated carbocycles. The van der Waals surface area contributed by atoms with E-state index in [1.54, 1.807) is 15.4 Å². The van der Waals surface area contributed by atoms with Gasteiger partial charge in [0.25, 0.3) is 0 Å². The molecule has 0 unspecified atom stereocenters. The van der Waals surface area contributed by atoms with E-state index in [2.05, 4.69) is 32.1 Å². The fraction of sp³-hybridized carbons (Fsp3) is 0.400. The van der Waals surface area contributed by atoms with Crippen molar-refractivity contribution in [2.75, 3.05) is 18.5 Å². The first-order valence-corrected chi connectivity index (χ1v) is 7.48. The lowest BCUT2D eigenvalue weighted by Crippen LogP contribution is -2.17. The first-order valence-electron chi connectivity index (χ1n) is 7.48. The van der Waals surface area contributed by atoms with Crippen molar-refractivity contribution in [1.29, 1.82) is 0 Å². The third-order valence-electron chi connectivity index (χ3n) is 3.71. The van der Waals surface area contributed by atoms with E-state index in [0.717, 1.165) is 29.4 Å². The predicted octanol–water partition coefficient (Wildman–Crippen LogP) is 1.50. The number of aromatic nitrogens is 7. The van der Waals surface area contributed by atoms with Crippen LogP contribution in [0.5, 0.6) is 0 Å². The van der Waals surface area contributed by atoms with Gasteiger partial charge in [0.2, 0.25) is 5.95 Å². The molecule has 0 aliphatic heterocycles. The van der Waals surface area contributed by atoms with E-state index in [-0.39, 0.29) is 0 Å². The summed E-state index contributed by atoms with van der Waals surface area (Å²) in [4.78, 5) is 15.3. The molecule has 8 nitrogen and oxygen atoms in total. The molecule has 0 spiro atoms. The van der Waals surface area contributed by atoms with Crippen molar-refractivity contribution < 1.29 is 0 Å². The molecule has 0 fully saturated rings. The average molecular weight is 312 g/mol. The first-order chi connectivity index (χ1) is 11.0. The van der Waals surface area contributed by atoms with Crippen LogP contribution >= 0.6 is 0 Å². The Hall–Kier alpha value is -2.77. The molecule has 3 aromatic heterocycles. The van der Waals surface area contributed by atoms with Crippen LogP contribution in [-0.4, -0.2) is 47.9 Å². The minimum absolute atomic E-state index is 0.623. The highest BCUT2D eigenvalue weighted by Gasteiger charge is 2.09. The molecule has 0 N–H and O–H groups in total. The highest BCUT2D eigenvalue weighted by molar-refractivity contribution is 5.64. The van der Waals surface area contributed by atoms with Gasteiger partial charge in [-0.3, -0.25) is 4.98 Å². The molecule has 0 saturated heterocycles. The van der Waals surface area contributed by atoms with E-state index in [1.807, 2.05) is 45.0 Å². The van der Waals surface area contributed by atoms with Crippen LogP contribution in [0.25, 0.3) is 17.8 Å². The van der Waals surface area contributed by atoms with Crippen LogP contribution in [-0.2, 0) is 7.05 Å². The van der Waals surface area contributed by atoms with E-state index in [1.165, 1.54) is 0 Å². The fourth-order valence-electron chi connectivity index (χ4n) is 2.16. The first kappa shape index (κ1) is 15.1. The Labute approximate surface area is 134 Å².